The van der Waals surface area contributed by atoms with Crippen molar-refractivity contribution in [3.05, 3.63) is 0 Å². The van der Waals surface area contributed by atoms with Crippen molar-refractivity contribution in [1.29, 1.82) is 0 Å². The van der Waals surface area contributed by atoms with Crippen molar-refractivity contribution in [3.63, 3.8) is 0 Å². The van der Waals surface area contributed by atoms with Crippen molar-refractivity contribution < 1.29 is 14.6 Å². The Morgan fingerprint density at radius 2 is 1.64 bits per heavy atom. The zero-order valence-corrected chi connectivity index (χ0v) is 14.5. The minimum atomic E-state index is -0.786. The molecule has 22 heavy (non-hydrogen) atoms. The van der Waals surface area contributed by atoms with Gasteiger partial charge in [0.15, 0.2) is 0 Å². The quantitative estimate of drug-likeness (QED) is 0.869. The third-order valence-electron chi connectivity index (χ3n) is 5.29. The molecule has 0 radical (unpaired) electrons. The molecule has 1 saturated heterocycles. The number of hydrogen-bond acceptors (Lipinski definition) is 3. The fourth-order valence-corrected chi connectivity index (χ4v) is 4.15. The summed E-state index contributed by atoms with van der Waals surface area (Å²) < 4.78 is 5.45. The van der Waals surface area contributed by atoms with E-state index < -0.39 is 6.09 Å². The zero-order valence-electron chi connectivity index (χ0n) is 14.5. The summed E-state index contributed by atoms with van der Waals surface area (Å²) in [5.74, 6) is 0. The van der Waals surface area contributed by atoms with Crippen LogP contribution >= 0.6 is 0 Å². The van der Waals surface area contributed by atoms with Crippen LogP contribution in [-0.2, 0) is 4.74 Å². The lowest BCUT2D eigenvalue weighted by Gasteiger charge is -2.46. The van der Waals surface area contributed by atoms with Crippen molar-refractivity contribution in [2.75, 3.05) is 20.2 Å². The van der Waals surface area contributed by atoms with E-state index in [4.69, 9.17) is 4.74 Å². The van der Waals surface area contributed by atoms with Gasteiger partial charge in [0.1, 0.15) is 0 Å². The number of likely N-dealkylation sites (tertiary alicyclic amines) is 1. The zero-order chi connectivity index (χ0) is 16.3. The highest BCUT2D eigenvalue weighted by Gasteiger charge is 2.36. The highest BCUT2D eigenvalue weighted by Crippen LogP contribution is 2.30. The lowest BCUT2D eigenvalue weighted by atomic mass is 9.89. The van der Waals surface area contributed by atoms with E-state index in [-0.39, 0.29) is 11.6 Å². The predicted molar refractivity (Wildman–Crippen MR) is 87.3 cm³/mol. The second-order valence-corrected chi connectivity index (χ2v) is 7.76. The standard InChI is InChI=1S/C17H32N2O3/c1-17(2,3)19(16(20)21)14-9-11-18(12-10-14)13-5-7-15(22-4)8-6-13/h13-15H,5-12H2,1-4H3,(H,20,21). The van der Waals surface area contributed by atoms with Crippen molar-refractivity contribution in [3.8, 4) is 0 Å². The molecule has 1 aliphatic heterocycles. The van der Waals surface area contributed by atoms with Gasteiger partial charge in [-0.25, -0.2) is 4.79 Å². The molecule has 2 rings (SSSR count). The topological polar surface area (TPSA) is 53.0 Å². The van der Waals surface area contributed by atoms with Gasteiger partial charge in [0.05, 0.1) is 6.10 Å². The van der Waals surface area contributed by atoms with E-state index in [0.29, 0.717) is 12.1 Å². The van der Waals surface area contributed by atoms with E-state index in [9.17, 15) is 9.90 Å². The van der Waals surface area contributed by atoms with E-state index in [1.807, 2.05) is 27.9 Å². The predicted octanol–water partition coefficient (Wildman–Crippen LogP) is 3.19. The first-order chi connectivity index (χ1) is 10.3. The molecule has 1 heterocycles. The van der Waals surface area contributed by atoms with Gasteiger partial charge in [-0.15, -0.1) is 0 Å². The molecule has 0 aromatic carbocycles. The number of piperidine rings is 1. The van der Waals surface area contributed by atoms with Gasteiger partial charge in [0, 0.05) is 37.8 Å². The van der Waals surface area contributed by atoms with Gasteiger partial charge >= 0.3 is 6.09 Å². The Hall–Kier alpha value is -0.810. The molecule has 0 aromatic heterocycles. The second kappa shape index (κ2) is 7.18. The summed E-state index contributed by atoms with van der Waals surface area (Å²) in [6, 6.07) is 0.823. The fraction of sp³-hybridized carbons (Fsp3) is 0.941. The molecule has 0 aromatic rings. The van der Waals surface area contributed by atoms with Crippen molar-refractivity contribution in [1.82, 2.24) is 9.80 Å². The van der Waals surface area contributed by atoms with Crippen LogP contribution in [0.4, 0.5) is 4.79 Å². The van der Waals surface area contributed by atoms with Crippen LogP contribution in [0.3, 0.4) is 0 Å². The Bertz CT molecular complexity index is 365. The van der Waals surface area contributed by atoms with Gasteiger partial charge in [-0.2, -0.15) is 0 Å². The first kappa shape index (κ1) is 17.5. The van der Waals surface area contributed by atoms with Crippen LogP contribution in [-0.4, -0.2) is 64.9 Å². The van der Waals surface area contributed by atoms with Crippen molar-refractivity contribution in [2.45, 2.75) is 83.0 Å². The molecule has 1 saturated carbocycles. The monoisotopic (exact) mass is 312 g/mol. The molecule has 5 nitrogen and oxygen atoms in total. The molecule has 0 spiro atoms. The van der Waals surface area contributed by atoms with Gasteiger partial charge in [0.25, 0.3) is 0 Å². The van der Waals surface area contributed by atoms with Crippen LogP contribution in [0.5, 0.6) is 0 Å². The lowest BCUT2D eigenvalue weighted by molar-refractivity contribution is 0.00966. The maximum absolute atomic E-state index is 11.6. The minimum Gasteiger partial charge on any atom is -0.465 e. The summed E-state index contributed by atoms with van der Waals surface area (Å²) in [7, 11) is 1.81. The number of hydrogen-bond donors (Lipinski definition) is 1. The van der Waals surface area contributed by atoms with Crippen molar-refractivity contribution in [2.24, 2.45) is 0 Å². The molecule has 2 fully saturated rings. The van der Waals surface area contributed by atoms with E-state index in [2.05, 4.69) is 4.90 Å². The van der Waals surface area contributed by atoms with Crippen molar-refractivity contribution >= 4 is 6.09 Å². The number of amides is 1. The molecule has 5 heteroatoms. The number of ether oxygens (including phenoxy) is 1. The Labute approximate surface area is 134 Å². The van der Waals surface area contributed by atoms with Crippen LogP contribution < -0.4 is 0 Å². The van der Waals surface area contributed by atoms with E-state index in [1.54, 1.807) is 4.90 Å². The average Bonchev–Trinajstić information content (AvgIpc) is 2.46. The molecule has 1 amide bonds. The first-order valence-electron chi connectivity index (χ1n) is 8.62. The maximum atomic E-state index is 11.6. The van der Waals surface area contributed by atoms with Crippen LogP contribution in [0, 0.1) is 0 Å². The summed E-state index contributed by atoms with van der Waals surface area (Å²) in [5.41, 5.74) is -0.324. The molecule has 0 atom stereocenters. The van der Waals surface area contributed by atoms with Gasteiger partial charge in [-0.3, -0.25) is 0 Å². The normalized spacial score (nSPS) is 28.5. The number of carbonyl (C=O) groups is 1. The average molecular weight is 312 g/mol. The third-order valence-corrected chi connectivity index (χ3v) is 5.29. The summed E-state index contributed by atoms with van der Waals surface area (Å²) >= 11 is 0. The molecule has 0 unspecified atom stereocenters. The summed E-state index contributed by atoms with van der Waals surface area (Å²) in [6.07, 6.45) is 6.30. The second-order valence-electron chi connectivity index (χ2n) is 7.76. The number of methoxy groups -OCH3 is 1. The summed E-state index contributed by atoms with van der Waals surface area (Å²) in [4.78, 5) is 15.8. The highest BCUT2D eigenvalue weighted by atomic mass is 16.5. The minimum absolute atomic E-state index is 0.157. The van der Waals surface area contributed by atoms with Crippen LogP contribution in [0.15, 0.2) is 0 Å². The largest absolute Gasteiger partial charge is 0.465 e. The van der Waals surface area contributed by atoms with Crippen LogP contribution in [0.1, 0.15) is 59.3 Å². The third kappa shape index (κ3) is 4.13. The van der Waals surface area contributed by atoms with Gasteiger partial charge in [-0.1, -0.05) is 0 Å². The van der Waals surface area contributed by atoms with Gasteiger partial charge in [0.2, 0.25) is 0 Å². The van der Waals surface area contributed by atoms with Crippen LogP contribution in [0.25, 0.3) is 0 Å². The number of nitrogens with zero attached hydrogens (tertiary/aromatic N) is 2. The summed E-state index contributed by atoms with van der Waals surface area (Å²) in [5, 5.41) is 9.53. The SMILES string of the molecule is COC1CCC(N2CCC(N(C(=O)O)C(C)(C)C)CC2)CC1. The first-order valence-corrected chi connectivity index (χ1v) is 8.62. The molecular weight excluding hydrogens is 280 g/mol. The Balaban J connectivity index is 1.86. The Morgan fingerprint density at radius 1 is 1.09 bits per heavy atom. The Kier molecular flexibility index (Phi) is 5.72. The fourth-order valence-electron chi connectivity index (χ4n) is 4.15. The molecule has 0 bridgehead atoms. The maximum Gasteiger partial charge on any atom is 0.407 e. The van der Waals surface area contributed by atoms with Gasteiger partial charge in [-0.05, 0) is 59.3 Å². The molecule has 2 aliphatic rings. The molecule has 1 N–H and O–H groups in total. The summed E-state index contributed by atoms with van der Waals surface area (Å²) in [6.45, 7) is 8.00. The molecule has 1 aliphatic carbocycles. The van der Waals surface area contributed by atoms with Crippen LogP contribution in [0.2, 0.25) is 0 Å². The van der Waals surface area contributed by atoms with E-state index in [1.165, 1.54) is 12.8 Å². The van der Waals surface area contributed by atoms with E-state index >= 15 is 0 Å². The van der Waals surface area contributed by atoms with Gasteiger partial charge < -0.3 is 19.6 Å². The number of carboxylic acid groups (broad SMARTS) is 1. The smallest absolute Gasteiger partial charge is 0.407 e. The molecule has 128 valence electrons. The Morgan fingerprint density at radius 3 is 2.05 bits per heavy atom. The number of rotatable bonds is 3. The van der Waals surface area contributed by atoms with E-state index in [0.717, 1.165) is 38.8 Å². The lowest BCUT2D eigenvalue weighted by Crippen LogP contribution is -2.56. The highest BCUT2D eigenvalue weighted by molar-refractivity contribution is 5.66. The molecular formula is C17H32N2O3.